The van der Waals surface area contributed by atoms with Crippen LogP contribution in [0.5, 0.6) is 0 Å². The number of alkyl halides is 1. The second-order valence-electron chi connectivity index (χ2n) is 4.17. The Kier molecular flexibility index (Phi) is 4.18. The number of likely N-dealkylation sites (tertiary alicyclic amines) is 1. The number of carbonyl (C=O) groups excluding carboxylic acids is 1. The van der Waals surface area contributed by atoms with Gasteiger partial charge in [0.05, 0.1) is 5.38 Å². The van der Waals surface area contributed by atoms with Gasteiger partial charge < -0.3 is 4.90 Å². The average Bonchev–Trinajstić information content (AvgIpc) is 2.53. The molecule has 0 radical (unpaired) electrons. The van der Waals surface area contributed by atoms with E-state index in [2.05, 4.69) is 0 Å². The van der Waals surface area contributed by atoms with Crippen LogP contribution < -0.4 is 0 Å². The number of amides is 1. The predicted molar refractivity (Wildman–Crippen MR) is 71.0 cm³/mol. The first-order chi connectivity index (χ1) is 8.04. The average molecular weight is 293 g/mol. The second kappa shape index (κ2) is 5.47. The SMILES string of the molecule is O=C1CC(Cl)CN1CCc1cc(Cl)cc(Cl)c1. The topological polar surface area (TPSA) is 20.3 Å². The lowest BCUT2D eigenvalue weighted by Crippen LogP contribution is -2.27. The highest BCUT2D eigenvalue weighted by atomic mass is 35.5. The van der Waals surface area contributed by atoms with Crippen molar-refractivity contribution in [2.24, 2.45) is 0 Å². The van der Waals surface area contributed by atoms with Crippen LogP contribution in [0.3, 0.4) is 0 Å². The molecular formula is C12H12Cl3NO. The van der Waals surface area contributed by atoms with Crippen LogP contribution in [0.2, 0.25) is 10.0 Å². The summed E-state index contributed by atoms with van der Waals surface area (Å²) in [4.78, 5) is 13.3. The zero-order chi connectivity index (χ0) is 12.4. The Morgan fingerprint density at radius 3 is 2.41 bits per heavy atom. The van der Waals surface area contributed by atoms with Crippen molar-refractivity contribution in [3.63, 3.8) is 0 Å². The maximum atomic E-state index is 11.5. The largest absolute Gasteiger partial charge is 0.341 e. The van der Waals surface area contributed by atoms with Crippen LogP contribution in [-0.2, 0) is 11.2 Å². The van der Waals surface area contributed by atoms with Crippen LogP contribution in [-0.4, -0.2) is 29.3 Å². The highest BCUT2D eigenvalue weighted by molar-refractivity contribution is 6.34. The lowest BCUT2D eigenvalue weighted by Gasteiger charge is -2.15. The van der Waals surface area contributed by atoms with Crippen molar-refractivity contribution in [2.75, 3.05) is 13.1 Å². The van der Waals surface area contributed by atoms with E-state index in [9.17, 15) is 4.79 Å². The molecule has 1 aliphatic heterocycles. The maximum Gasteiger partial charge on any atom is 0.224 e. The summed E-state index contributed by atoms with van der Waals surface area (Å²) in [5.41, 5.74) is 1.04. The summed E-state index contributed by atoms with van der Waals surface area (Å²) in [6, 6.07) is 5.43. The molecule has 0 aromatic heterocycles. The molecule has 92 valence electrons. The molecule has 0 bridgehead atoms. The zero-order valence-corrected chi connectivity index (χ0v) is 11.4. The highest BCUT2D eigenvalue weighted by Gasteiger charge is 2.27. The molecule has 17 heavy (non-hydrogen) atoms. The van der Waals surface area contributed by atoms with E-state index in [0.717, 1.165) is 12.0 Å². The van der Waals surface area contributed by atoms with Crippen molar-refractivity contribution < 1.29 is 4.79 Å². The first-order valence-corrected chi connectivity index (χ1v) is 6.60. The zero-order valence-electron chi connectivity index (χ0n) is 9.13. The summed E-state index contributed by atoms with van der Waals surface area (Å²) in [5, 5.41) is 1.19. The van der Waals surface area contributed by atoms with Crippen molar-refractivity contribution in [3.05, 3.63) is 33.8 Å². The molecule has 5 heteroatoms. The number of rotatable bonds is 3. The molecule has 2 nitrogen and oxygen atoms in total. The Balaban J connectivity index is 1.96. The highest BCUT2D eigenvalue weighted by Crippen LogP contribution is 2.21. The molecular weight excluding hydrogens is 280 g/mol. The molecule has 1 aliphatic rings. The van der Waals surface area contributed by atoms with Gasteiger partial charge in [-0.05, 0) is 30.2 Å². The number of nitrogens with zero attached hydrogens (tertiary/aromatic N) is 1. The van der Waals surface area contributed by atoms with E-state index in [1.165, 1.54) is 0 Å². The fourth-order valence-corrected chi connectivity index (χ4v) is 2.83. The minimum atomic E-state index is -0.0505. The Hall–Kier alpha value is -0.440. The summed E-state index contributed by atoms with van der Waals surface area (Å²) in [5.74, 6) is 0.123. The van der Waals surface area contributed by atoms with E-state index in [-0.39, 0.29) is 11.3 Å². The third kappa shape index (κ3) is 3.51. The van der Waals surface area contributed by atoms with E-state index < -0.39 is 0 Å². The van der Waals surface area contributed by atoms with Crippen molar-refractivity contribution in [1.82, 2.24) is 4.90 Å². The van der Waals surface area contributed by atoms with Gasteiger partial charge in [-0.1, -0.05) is 23.2 Å². The second-order valence-corrected chi connectivity index (χ2v) is 5.66. The third-order valence-corrected chi connectivity index (χ3v) is 3.49. The van der Waals surface area contributed by atoms with Crippen LogP contribution in [0, 0.1) is 0 Å². The number of benzene rings is 1. The number of carbonyl (C=O) groups is 1. The van der Waals surface area contributed by atoms with Crippen LogP contribution in [0.25, 0.3) is 0 Å². The first kappa shape index (κ1) is 13.0. The molecule has 1 saturated heterocycles. The lowest BCUT2D eigenvalue weighted by molar-refractivity contribution is -0.127. The van der Waals surface area contributed by atoms with Gasteiger partial charge in [-0.15, -0.1) is 11.6 Å². The van der Waals surface area contributed by atoms with Crippen molar-refractivity contribution in [3.8, 4) is 0 Å². The monoisotopic (exact) mass is 291 g/mol. The number of halogens is 3. The number of hydrogen-bond acceptors (Lipinski definition) is 1. The predicted octanol–water partition coefficient (Wildman–Crippen LogP) is 3.38. The van der Waals surface area contributed by atoms with Crippen LogP contribution >= 0.6 is 34.8 Å². The van der Waals surface area contributed by atoms with Crippen molar-refractivity contribution in [1.29, 1.82) is 0 Å². The van der Waals surface area contributed by atoms with Gasteiger partial charge in [0.2, 0.25) is 5.91 Å². The Morgan fingerprint density at radius 1 is 1.24 bits per heavy atom. The van der Waals surface area contributed by atoms with Crippen LogP contribution in [0.4, 0.5) is 0 Å². The van der Waals surface area contributed by atoms with Crippen molar-refractivity contribution >= 4 is 40.7 Å². The third-order valence-electron chi connectivity index (χ3n) is 2.76. The van der Waals surface area contributed by atoms with Gasteiger partial charge in [0.1, 0.15) is 0 Å². The molecule has 1 aromatic rings. The Labute approximate surface area is 115 Å². The number of hydrogen-bond donors (Lipinski definition) is 0. The van der Waals surface area contributed by atoms with Crippen LogP contribution in [0.15, 0.2) is 18.2 Å². The minimum Gasteiger partial charge on any atom is -0.341 e. The summed E-state index contributed by atoms with van der Waals surface area (Å²) in [6.07, 6.45) is 1.19. The fraction of sp³-hybridized carbons (Fsp3) is 0.417. The summed E-state index contributed by atoms with van der Waals surface area (Å²) >= 11 is 17.8. The van der Waals surface area contributed by atoms with Gasteiger partial charge >= 0.3 is 0 Å². The van der Waals surface area contributed by atoms with E-state index in [4.69, 9.17) is 34.8 Å². The molecule has 2 rings (SSSR count). The van der Waals surface area contributed by atoms with E-state index >= 15 is 0 Å². The molecule has 1 unspecified atom stereocenters. The normalized spacial score (nSPS) is 20.1. The van der Waals surface area contributed by atoms with Gasteiger partial charge in [0.15, 0.2) is 0 Å². The van der Waals surface area contributed by atoms with Gasteiger partial charge in [-0.25, -0.2) is 0 Å². The molecule has 1 fully saturated rings. The molecule has 1 amide bonds. The van der Waals surface area contributed by atoms with Gasteiger partial charge in [0.25, 0.3) is 0 Å². The Morgan fingerprint density at radius 2 is 1.88 bits per heavy atom. The quantitative estimate of drug-likeness (QED) is 0.782. The summed E-state index contributed by atoms with van der Waals surface area (Å²) < 4.78 is 0. The lowest BCUT2D eigenvalue weighted by atomic mass is 10.1. The first-order valence-electron chi connectivity index (χ1n) is 5.41. The van der Waals surface area contributed by atoms with Gasteiger partial charge in [0, 0.05) is 29.6 Å². The van der Waals surface area contributed by atoms with E-state index in [1.807, 2.05) is 12.1 Å². The minimum absolute atomic E-state index is 0.0505. The fourth-order valence-electron chi connectivity index (χ4n) is 1.96. The van der Waals surface area contributed by atoms with E-state index in [1.54, 1.807) is 11.0 Å². The van der Waals surface area contributed by atoms with Crippen molar-refractivity contribution in [2.45, 2.75) is 18.2 Å². The molecule has 1 aromatic carbocycles. The standard InChI is InChI=1S/C12H12Cl3NO/c13-9-3-8(4-10(14)5-9)1-2-16-7-11(15)6-12(16)17/h3-5,11H,1-2,6-7H2. The summed E-state index contributed by atoms with van der Waals surface area (Å²) in [6.45, 7) is 1.30. The molecule has 1 atom stereocenters. The summed E-state index contributed by atoms with van der Waals surface area (Å²) in [7, 11) is 0. The van der Waals surface area contributed by atoms with Crippen LogP contribution in [0.1, 0.15) is 12.0 Å². The molecule has 0 aliphatic carbocycles. The van der Waals surface area contributed by atoms with Gasteiger partial charge in [-0.2, -0.15) is 0 Å². The molecule has 0 saturated carbocycles. The maximum absolute atomic E-state index is 11.5. The molecule has 0 spiro atoms. The Bertz CT molecular complexity index is 416. The smallest absolute Gasteiger partial charge is 0.224 e. The molecule has 1 heterocycles. The van der Waals surface area contributed by atoms with E-state index in [0.29, 0.717) is 29.6 Å². The van der Waals surface area contributed by atoms with Gasteiger partial charge in [-0.3, -0.25) is 4.79 Å². The molecule has 0 N–H and O–H groups in total.